The number of benzene rings is 2. The highest BCUT2D eigenvalue weighted by Gasteiger charge is 2.48. The largest absolute Gasteiger partial charge is 0.482 e. The Morgan fingerprint density at radius 1 is 1.06 bits per heavy atom. The Labute approximate surface area is 183 Å². The number of carbonyl (C=O) groups is 3. The molecule has 3 aliphatic rings. The highest BCUT2D eigenvalue weighted by molar-refractivity contribution is 6.01. The first-order valence-electron chi connectivity index (χ1n) is 10.8. The Morgan fingerprint density at radius 2 is 1.78 bits per heavy atom. The van der Waals surface area contributed by atoms with Gasteiger partial charge in [-0.15, -0.1) is 0 Å². The Balaban J connectivity index is 1.20. The monoisotopic (exact) mass is 440 g/mol. The number of halogens is 2. The molecule has 2 aromatic rings. The van der Waals surface area contributed by atoms with Gasteiger partial charge in [-0.3, -0.25) is 14.4 Å². The molecule has 1 aliphatic carbocycles. The number of rotatable bonds is 4. The molecular formula is C24H22F2N2O4. The summed E-state index contributed by atoms with van der Waals surface area (Å²) in [5, 5.41) is 2.70. The van der Waals surface area contributed by atoms with E-state index in [1.54, 1.807) is 23.1 Å². The van der Waals surface area contributed by atoms with Gasteiger partial charge in [-0.25, -0.2) is 8.78 Å². The fourth-order valence-electron chi connectivity index (χ4n) is 4.72. The molecular weight excluding hydrogens is 418 g/mol. The average Bonchev–Trinajstić information content (AvgIpc) is 3.58. The zero-order valence-electron chi connectivity index (χ0n) is 17.3. The van der Waals surface area contributed by atoms with Crippen molar-refractivity contribution in [1.82, 2.24) is 4.90 Å². The average molecular weight is 440 g/mol. The molecule has 0 radical (unpaired) electrons. The van der Waals surface area contributed by atoms with Crippen LogP contribution in [0.25, 0.3) is 0 Å². The molecule has 2 atom stereocenters. The molecule has 5 rings (SSSR count). The van der Waals surface area contributed by atoms with Gasteiger partial charge in [0.05, 0.1) is 5.69 Å². The topological polar surface area (TPSA) is 75.7 Å². The molecule has 166 valence electrons. The van der Waals surface area contributed by atoms with Gasteiger partial charge in [0, 0.05) is 42.0 Å². The van der Waals surface area contributed by atoms with E-state index in [-0.39, 0.29) is 35.7 Å². The third-order valence-electron chi connectivity index (χ3n) is 6.55. The Bertz CT molecular complexity index is 1090. The number of anilines is 1. The Morgan fingerprint density at radius 3 is 2.50 bits per heavy atom. The zero-order chi connectivity index (χ0) is 22.4. The lowest BCUT2D eigenvalue weighted by Gasteiger charge is -2.31. The van der Waals surface area contributed by atoms with E-state index in [1.807, 2.05) is 0 Å². The van der Waals surface area contributed by atoms with E-state index < -0.39 is 23.5 Å². The van der Waals surface area contributed by atoms with Crippen LogP contribution in [0.4, 0.5) is 14.5 Å². The number of hydrogen-bond acceptors (Lipinski definition) is 4. The molecule has 2 heterocycles. The van der Waals surface area contributed by atoms with E-state index in [4.69, 9.17) is 4.74 Å². The smallest absolute Gasteiger partial charge is 0.262 e. The van der Waals surface area contributed by atoms with Gasteiger partial charge in [-0.05, 0) is 49.6 Å². The van der Waals surface area contributed by atoms with Crippen LogP contribution in [0.3, 0.4) is 0 Å². The molecule has 1 saturated carbocycles. The van der Waals surface area contributed by atoms with E-state index in [2.05, 4.69) is 5.32 Å². The maximum atomic E-state index is 14.0. The van der Waals surface area contributed by atoms with Crippen LogP contribution in [-0.4, -0.2) is 42.2 Å². The normalized spacial score (nSPS) is 22.6. The van der Waals surface area contributed by atoms with Crippen LogP contribution in [0.2, 0.25) is 0 Å². The number of piperidine rings is 1. The molecule has 6 nitrogen and oxygen atoms in total. The van der Waals surface area contributed by atoms with Crippen molar-refractivity contribution in [3.63, 3.8) is 0 Å². The van der Waals surface area contributed by atoms with E-state index in [1.165, 1.54) is 18.2 Å². The van der Waals surface area contributed by atoms with Crippen LogP contribution in [0, 0.1) is 23.5 Å². The van der Waals surface area contributed by atoms with Crippen molar-refractivity contribution in [3.8, 4) is 5.75 Å². The third kappa shape index (κ3) is 3.74. The van der Waals surface area contributed by atoms with Gasteiger partial charge in [0.15, 0.2) is 12.4 Å². The number of ether oxygens (including phenoxy) is 1. The van der Waals surface area contributed by atoms with Crippen molar-refractivity contribution in [2.24, 2.45) is 11.8 Å². The molecule has 2 aromatic carbocycles. The number of amides is 2. The van der Waals surface area contributed by atoms with Crippen molar-refractivity contribution >= 4 is 23.3 Å². The second kappa shape index (κ2) is 8.00. The number of nitrogens with one attached hydrogen (secondary N) is 1. The van der Waals surface area contributed by atoms with Crippen LogP contribution < -0.4 is 10.1 Å². The lowest BCUT2D eigenvalue weighted by atomic mass is 9.88. The molecule has 0 aromatic heterocycles. The summed E-state index contributed by atoms with van der Waals surface area (Å²) in [6.07, 6.45) is 1.49. The van der Waals surface area contributed by atoms with Gasteiger partial charge in [0.1, 0.15) is 17.4 Å². The molecule has 0 bridgehead atoms. The number of fused-ring (bicyclic) bond motifs is 1. The van der Waals surface area contributed by atoms with Gasteiger partial charge < -0.3 is 15.0 Å². The first-order valence-corrected chi connectivity index (χ1v) is 10.8. The van der Waals surface area contributed by atoms with Crippen molar-refractivity contribution in [3.05, 3.63) is 59.2 Å². The van der Waals surface area contributed by atoms with Gasteiger partial charge in [-0.2, -0.15) is 0 Å². The maximum absolute atomic E-state index is 14.0. The fraction of sp³-hybridized carbons (Fsp3) is 0.375. The standard InChI is InChI=1S/C24H22F2N2O4/c25-17-2-1-3-18(26)22(17)15-11-16(15)24(31)28-8-6-13(7-9-28)23(30)14-4-5-20-19(10-14)27-21(29)12-32-20/h1-5,10,13,15-16H,6-9,11-12H2,(H,27,29). The minimum Gasteiger partial charge on any atom is -0.482 e. The predicted molar refractivity (Wildman–Crippen MR) is 111 cm³/mol. The highest BCUT2D eigenvalue weighted by Crippen LogP contribution is 2.50. The minimum atomic E-state index is -0.610. The summed E-state index contributed by atoms with van der Waals surface area (Å²) < 4.78 is 33.4. The van der Waals surface area contributed by atoms with Crippen molar-refractivity contribution in [2.75, 3.05) is 25.0 Å². The van der Waals surface area contributed by atoms with Gasteiger partial charge in [-0.1, -0.05) is 6.07 Å². The summed E-state index contributed by atoms with van der Waals surface area (Å²) in [7, 11) is 0. The summed E-state index contributed by atoms with van der Waals surface area (Å²) in [5.41, 5.74) is 0.982. The number of hydrogen-bond donors (Lipinski definition) is 1. The fourth-order valence-corrected chi connectivity index (χ4v) is 4.72. The van der Waals surface area contributed by atoms with E-state index in [0.29, 0.717) is 49.4 Å². The summed E-state index contributed by atoms with van der Waals surface area (Å²) in [4.78, 5) is 39.0. The van der Waals surface area contributed by atoms with Crippen LogP contribution in [0.15, 0.2) is 36.4 Å². The first-order chi connectivity index (χ1) is 15.4. The molecule has 32 heavy (non-hydrogen) atoms. The minimum absolute atomic E-state index is 0.000561. The molecule has 2 amide bonds. The first kappa shape index (κ1) is 20.6. The van der Waals surface area contributed by atoms with Gasteiger partial charge in [0.25, 0.3) is 5.91 Å². The van der Waals surface area contributed by atoms with E-state index in [9.17, 15) is 23.2 Å². The van der Waals surface area contributed by atoms with E-state index >= 15 is 0 Å². The summed E-state index contributed by atoms with van der Waals surface area (Å²) in [6.45, 7) is 0.824. The highest BCUT2D eigenvalue weighted by atomic mass is 19.1. The molecule has 0 spiro atoms. The quantitative estimate of drug-likeness (QED) is 0.739. The Kier molecular flexibility index (Phi) is 5.15. The molecule has 2 aliphatic heterocycles. The van der Waals surface area contributed by atoms with Crippen molar-refractivity contribution < 1.29 is 27.9 Å². The number of nitrogens with zero attached hydrogens (tertiary/aromatic N) is 1. The number of carbonyl (C=O) groups excluding carboxylic acids is 3. The van der Waals surface area contributed by atoms with Crippen LogP contribution >= 0.6 is 0 Å². The Hall–Kier alpha value is -3.29. The zero-order valence-corrected chi connectivity index (χ0v) is 17.3. The lowest BCUT2D eigenvalue weighted by molar-refractivity contribution is -0.133. The molecule has 2 fully saturated rings. The second-order valence-electron chi connectivity index (χ2n) is 8.60. The van der Waals surface area contributed by atoms with Crippen molar-refractivity contribution in [1.29, 1.82) is 0 Å². The molecule has 2 unspecified atom stereocenters. The SMILES string of the molecule is O=C1COc2ccc(C(=O)C3CCN(C(=O)C4CC4c4c(F)cccc4F)CC3)cc2N1. The lowest BCUT2D eigenvalue weighted by Crippen LogP contribution is -2.41. The number of Topliss-reactive ketones (excluding diaryl/α,β-unsaturated/α-hetero) is 1. The number of ketones is 1. The predicted octanol–water partition coefficient (Wildman–Crippen LogP) is 3.52. The van der Waals surface area contributed by atoms with Crippen LogP contribution in [-0.2, 0) is 9.59 Å². The summed E-state index contributed by atoms with van der Waals surface area (Å²) >= 11 is 0. The summed E-state index contributed by atoms with van der Waals surface area (Å²) in [6, 6.07) is 8.74. The molecule has 1 saturated heterocycles. The molecule has 1 N–H and O–H groups in total. The summed E-state index contributed by atoms with van der Waals surface area (Å²) in [5.74, 6) is -2.13. The van der Waals surface area contributed by atoms with Crippen LogP contribution in [0.1, 0.15) is 41.1 Å². The maximum Gasteiger partial charge on any atom is 0.262 e. The van der Waals surface area contributed by atoms with Gasteiger partial charge in [0.2, 0.25) is 5.91 Å². The molecule has 8 heteroatoms. The number of likely N-dealkylation sites (tertiary alicyclic amines) is 1. The van der Waals surface area contributed by atoms with Gasteiger partial charge >= 0.3 is 0 Å². The second-order valence-corrected chi connectivity index (χ2v) is 8.60. The third-order valence-corrected chi connectivity index (χ3v) is 6.55. The van der Waals surface area contributed by atoms with E-state index in [0.717, 1.165) is 0 Å². The van der Waals surface area contributed by atoms with Crippen molar-refractivity contribution in [2.45, 2.75) is 25.2 Å². The van der Waals surface area contributed by atoms with Crippen LogP contribution in [0.5, 0.6) is 5.75 Å².